The lowest BCUT2D eigenvalue weighted by Gasteiger charge is -2.41. The quantitative estimate of drug-likeness (QED) is 0.191. The second kappa shape index (κ2) is 11.2. The maximum Gasteiger partial charge on any atom is 0.101 e. The lowest BCUT2D eigenvalue weighted by molar-refractivity contribution is 0.598. The van der Waals surface area contributed by atoms with Crippen LogP contribution in [0.5, 0.6) is 0 Å². The molecule has 0 saturated carbocycles. The summed E-state index contributed by atoms with van der Waals surface area (Å²) < 4.78 is 2.27. The van der Waals surface area contributed by atoms with Crippen LogP contribution in [0, 0.1) is 11.3 Å². The van der Waals surface area contributed by atoms with E-state index in [2.05, 4.69) is 176 Å². The Balaban J connectivity index is 1.23. The van der Waals surface area contributed by atoms with Crippen LogP contribution in [0.15, 0.2) is 164 Å². The Hall–Kier alpha value is -6.17. The molecule has 2 nitrogen and oxygen atoms in total. The summed E-state index contributed by atoms with van der Waals surface area (Å²) in [6.07, 6.45) is 0. The SMILES string of the molecule is CC1(C)c2ccccc2C(c2ccccc2)c2c(-c3ccc(-c4cccc(C#N)c4-n4c5ccccc5c5ccccc54)cc3)cccc21. The molecular weight excluding hydrogens is 593 g/mol. The summed E-state index contributed by atoms with van der Waals surface area (Å²) in [7, 11) is 0. The molecule has 0 bridgehead atoms. The van der Waals surface area contributed by atoms with Crippen LogP contribution < -0.4 is 0 Å². The molecule has 232 valence electrons. The number of para-hydroxylation sites is 3. The van der Waals surface area contributed by atoms with E-state index in [1.807, 2.05) is 12.1 Å². The van der Waals surface area contributed by atoms with E-state index in [1.165, 1.54) is 49.7 Å². The first kappa shape index (κ1) is 29.0. The molecule has 0 amide bonds. The molecular formula is C47H34N2. The second-order valence-electron chi connectivity index (χ2n) is 13.6. The normalized spacial score (nSPS) is 14.7. The summed E-state index contributed by atoms with van der Waals surface area (Å²) in [4.78, 5) is 0. The maximum atomic E-state index is 10.4. The van der Waals surface area contributed by atoms with E-state index in [0.717, 1.165) is 27.8 Å². The topological polar surface area (TPSA) is 28.7 Å². The van der Waals surface area contributed by atoms with Crippen molar-refractivity contribution in [1.29, 1.82) is 5.26 Å². The number of aromatic nitrogens is 1. The minimum atomic E-state index is -0.137. The Morgan fingerprint density at radius 1 is 0.531 bits per heavy atom. The number of rotatable bonds is 4. The van der Waals surface area contributed by atoms with E-state index in [4.69, 9.17) is 0 Å². The van der Waals surface area contributed by atoms with Gasteiger partial charge in [-0.2, -0.15) is 5.26 Å². The average Bonchev–Trinajstić information content (AvgIpc) is 3.49. The third kappa shape index (κ3) is 4.40. The van der Waals surface area contributed by atoms with E-state index in [9.17, 15) is 5.26 Å². The Labute approximate surface area is 287 Å². The van der Waals surface area contributed by atoms with Crippen molar-refractivity contribution in [3.63, 3.8) is 0 Å². The van der Waals surface area contributed by atoms with Crippen molar-refractivity contribution < 1.29 is 0 Å². The van der Waals surface area contributed by atoms with Crippen molar-refractivity contribution in [2.24, 2.45) is 0 Å². The van der Waals surface area contributed by atoms with Gasteiger partial charge >= 0.3 is 0 Å². The van der Waals surface area contributed by atoms with Gasteiger partial charge < -0.3 is 4.57 Å². The summed E-state index contributed by atoms with van der Waals surface area (Å²) in [5.41, 5.74) is 15.0. The van der Waals surface area contributed by atoms with Gasteiger partial charge in [0.05, 0.1) is 22.3 Å². The molecule has 9 rings (SSSR count). The van der Waals surface area contributed by atoms with Gasteiger partial charge in [-0.05, 0) is 62.7 Å². The lowest BCUT2D eigenvalue weighted by Crippen LogP contribution is -2.30. The Morgan fingerprint density at radius 3 is 1.78 bits per heavy atom. The zero-order valence-corrected chi connectivity index (χ0v) is 27.6. The largest absolute Gasteiger partial charge is 0.307 e. The Bertz CT molecular complexity index is 2530. The van der Waals surface area contributed by atoms with Crippen LogP contribution in [0.3, 0.4) is 0 Å². The molecule has 2 heteroatoms. The van der Waals surface area contributed by atoms with Crippen LogP contribution in [0.25, 0.3) is 49.7 Å². The molecule has 1 atom stereocenters. The molecule has 7 aromatic carbocycles. The number of nitrogens with zero attached hydrogens (tertiary/aromatic N) is 2. The minimum Gasteiger partial charge on any atom is -0.307 e. The van der Waals surface area contributed by atoms with Gasteiger partial charge in [-0.15, -0.1) is 0 Å². The molecule has 0 spiro atoms. The second-order valence-corrected chi connectivity index (χ2v) is 13.6. The fourth-order valence-electron chi connectivity index (χ4n) is 8.38. The predicted molar refractivity (Wildman–Crippen MR) is 202 cm³/mol. The maximum absolute atomic E-state index is 10.4. The third-order valence-electron chi connectivity index (χ3n) is 10.6. The fourth-order valence-corrected chi connectivity index (χ4v) is 8.38. The number of benzene rings is 7. The van der Waals surface area contributed by atoms with Crippen molar-refractivity contribution in [2.45, 2.75) is 25.2 Å². The van der Waals surface area contributed by atoms with Gasteiger partial charge in [-0.3, -0.25) is 0 Å². The highest BCUT2D eigenvalue weighted by molar-refractivity contribution is 6.10. The van der Waals surface area contributed by atoms with Crippen LogP contribution in [0.4, 0.5) is 0 Å². The van der Waals surface area contributed by atoms with Crippen molar-refractivity contribution in [3.8, 4) is 34.0 Å². The van der Waals surface area contributed by atoms with Crippen LogP contribution in [-0.2, 0) is 5.41 Å². The molecule has 49 heavy (non-hydrogen) atoms. The molecule has 0 fully saturated rings. The van der Waals surface area contributed by atoms with E-state index in [1.54, 1.807) is 0 Å². The van der Waals surface area contributed by atoms with Gasteiger partial charge in [0, 0.05) is 27.7 Å². The molecule has 0 saturated heterocycles. The van der Waals surface area contributed by atoms with Crippen molar-refractivity contribution in [1.82, 2.24) is 4.57 Å². The first-order valence-electron chi connectivity index (χ1n) is 17.0. The van der Waals surface area contributed by atoms with Gasteiger partial charge in [0.2, 0.25) is 0 Å². The van der Waals surface area contributed by atoms with Gasteiger partial charge in [0.25, 0.3) is 0 Å². The lowest BCUT2D eigenvalue weighted by atomic mass is 9.62. The van der Waals surface area contributed by atoms with E-state index < -0.39 is 0 Å². The highest BCUT2D eigenvalue weighted by atomic mass is 15.0. The number of hydrogen-bond donors (Lipinski definition) is 0. The van der Waals surface area contributed by atoms with Crippen LogP contribution >= 0.6 is 0 Å². The highest BCUT2D eigenvalue weighted by Crippen LogP contribution is 2.52. The first-order chi connectivity index (χ1) is 24.1. The monoisotopic (exact) mass is 626 g/mol. The highest BCUT2D eigenvalue weighted by Gasteiger charge is 2.39. The summed E-state index contributed by atoms with van der Waals surface area (Å²) in [6, 6.07) is 61.2. The predicted octanol–water partition coefficient (Wildman–Crippen LogP) is 11.8. The molecule has 1 aliphatic carbocycles. The van der Waals surface area contributed by atoms with Crippen molar-refractivity contribution in [3.05, 3.63) is 197 Å². The number of nitriles is 1. The van der Waals surface area contributed by atoms with Crippen LogP contribution in [0.1, 0.15) is 53.1 Å². The zero-order valence-electron chi connectivity index (χ0n) is 27.6. The number of fused-ring (bicyclic) bond motifs is 5. The van der Waals surface area contributed by atoms with E-state index in [-0.39, 0.29) is 11.3 Å². The molecule has 1 aliphatic rings. The van der Waals surface area contributed by atoms with E-state index in [0.29, 0.717) is 5.56 Å². The fraction of sp³-hybridized carbons (Fsp3) is 0.0851. The van der Waals surface area contributed by atoms with E-state index >= 15 is 0 Å². The molecule has 1 heterocycles. The van der Waals surface area contributed by atoms with Crippen LogP contribution in [-0.4, -0.2) is 4.57 Å². The summed E-state index contributed by atoms with van der Waals surface area (Å²) in [5.74, 6) is 0.130. The third-order valence-corrected chi connectivity index (χ3v) is 10.6. The molecule has 0 radical (unpaired) electrons. The molecule has 1 aromatic heterocycles. The average molecular weight is 627 g/mol. The summed E-state index contributed by atoms with van der Waals surface area (Å²) >= 11 is 0. The summed E-state index contributed by atoms with van der Waals surface area (Å²) in [6.45, 7) is 4.72. The zero-order chi connectivity index (χ0) is 33.1. The Kier molecular flexibility index (Phi) is 6.64. The van der Waals surface area contributed by atoms with Gasteiger partial charge in [0.15, 0.2) is 0 Å². The smallest absolute Gasteiger partial charge is 0.101 e. The molecule has 1 unspecified atom stereocenters. The van der Waals surface area contributed by atoms with Gasteiger partial charge in [-0.1, -0.05) is 159 Å². The number of hydrogen-bond acceptors (Lipinski definition) is 1. The first-order valence-corrected chi connectivity index (χ1v) is 17.0. The van der Waals surface area contributed by atoms with Gasteiger partial charge in [-0.25, -0.2) is 0 Å². The minimum absolute atomic E-state index is 0.130. The summed E-state index contributed by atoms with van der Waals surface area (Å²) in [5, 5.41) is 12.8. The standard InChI is InChI=1S/C47H34N2/c1-47(2)40-22-9-6-19-39(40)44(33-14-4-3-5-15-33)45-35(20-13-23-41(45)47)31-26-28-32(29-27-31)36-21-12-16-34(30-48)46(36)49-42-24-10-7-17-37(42)38-18-8-11-25-43(38)49/h3-29,44H,1-2H3. The molecule has 0 N–H and O–H groups in total. The molecule has 8 aromatic rings. The van der Waals surface area contributed by atoms with Gasteiger partial charge in [0.1, 0.15) is 6.07 Å². The molecule has 0 aliphatic heterocycles. The Morgan fingerprint density at radius 2 is 1.08 bits per heavy atom. The van der Waals surface area contributed by atoms with Crippen molar-refractivity contribution >= 4 is 21.8 Å². The van der Waals surface area contributed by atoms with Crippen LogP contribution in [0.2, 0.25) is 0 Å². The van der Waals surface area contributed by atoms with Crippen molar-refractivity contribution in [2.75, 3.05) is 0 Å².